The fourth-order valence-electron chi connectivity index (χ4n) is 2.24. The highest BCUT2D eigenvalue weighted by Gasteiger charge is 2.14. The van der Waals surface area contributed by atoms with Gasteiger partial charge in [-0.25, -0.2) is 9.78 Å². The first-order valence-corrected chi connectivity index (χ1v) is 8.03. The lowest BCUT2D eigenvalue weighted by Crippen LogP contribution is -2.28. The first-order valence-electron chi connectivity index (χ1n) is 7.65. The molecule has 0 aliphatic rings. The van der Waals surface area contributed by atoms with Crippen molar-refractivity contribution in [2.75, 3.05) is 6.61 Å². The number of ether oxygens (including phenoxy) is 1. The highest BCUT2D eigenvalue weighted by molar-refractivity contribution is 6.30. The summed E-state index contributed by atoms with van der Waals surface area (Å²) in [6.45, 7) is 1.91. The topological polar surface area (TPSA) is 72.7 Å². The van der Waals surface area contributed by atoms with Crippen molar-refractivity contribution >= 4 is 29.1 Å². The number of esters is 1. The van der Waals surface area contributed by atoms with Gasteiger partial charge in [-0.15, -0.1) is 0 Å². The number of nitrogens with zero attached hydrogens (tertiary/aromatic N) is 2. The van der Waals surface area contributed by atoms with Crippen molar-refractivity contribution in [3.8, 4) is 0 Å². The van der Waals surface area contributed by atoms with Crippen molar-refractivity contribution < 1.29 is 14.3 Å². The van der Waals surface area contributed by atoms with E-state index in [0.29, 0.717) is 17.2 Å². The maximum Gasteiger partial charge on any atom is 0.359 e. The minimum atomic E-state index is -0.636. The molecular formula is C18H16ClN3O3. The van der Waals surface area contributed by atoms with E-state index in [1.165, 1.54) is 0 Å². The second kappa shape index (κ2) is 7.36. The van der Waals surface area contributed by atoms with Crippen LogP contribution < -0.4 is 5.32 Å². The number of halogens is 1. The highest BCUT2D eigenvalue weighted by Crippen LogP contribution is 2.10. The minimum Gasteiger partial charge on any atom is -0.451 e. The van der Waals surface area contributed by atoms with Crippen LogP contribution in [0.1, 0.15) is 21.6 Å². The molecule has 1 amide bonds. The van der Waals surface area contributed by atoms with Gasteiger partial charge in [0.15, 0.2) is 12.3 Å². The van der Waals surface area contributed by atoms with Crippen molar-refractivity contribution in [2.24, 2.45) is 0 Å². The molecule has 3 rings (SSSR count). The average molecular weight is 358 g/mol. The molecule has 3 aromatic rings. The molecule has 0 fully saturated rings. The number of amides is 1. The molecule has 0 unspecified atom stereocenters. The Morgan fingerprint density at radius 2 is 2.00 bits per heavy atom. The van der Waals surface area contributed by atoms with E-state index in [2.05, 4.69) is 10.3 Å². The largest absolute Gasteiger partial charge is 0.451 e. The normalized spacial score (nSPS) is 10.6. The molecule has 0 saturated heterocycles. The van der Waals surface area contributed by atoms with E-state index < -0.39 is 5.97 Å². The summed E-state index contributed by atoms with van der Waals surface area (Å²) in [6, 6.07) is 10.9. The standard InChI is InChI=1S/C18H16ClN3O3/c1-12-6-7-22-10-15(21-16(22)8-12)18(24)25-11-17(23)20-9-13-2-4-14(19)5-3-13/h2-8,10H,9,11H2,1H3,(H,20,23). The molecule has 0 bridgehead atoms. The van der Waals surface area contributed by atoms with E-state index in [9.17, 15) is 9.59 Å². The molecule has 7 heteroatoms. The molecule has 0 radical (unpaired) electrons. The monoisotopic (exact) mass is 357 g/mol. The number of aryl methyl sites for hydroxylation is 1. The van der Waals surface area contributed by atoms with E-state index in [-0.39, 0.29) is 18.2 Å². The van der Waals surface area contributed by atoms with Crippen LogP contribution in [0.3, 0.4) is 0 Å². The van der Waals surface area contributed by atoms with Gasteiger partial charge in [0.25, 0.3) is 5.91 Å². The van der Waals surface area contributed by atoms with E-state index in [4.69, 9.17) is 16.3 Å². The van der Waals surface area contributed by atoms with Gasteiger partial charge >= 0.3 is 5.97 Å². The van der Waals surface area contributed by atoms with Crippen LogP contribution in [0.5, 0.6) is 0 Å². The van der Waals surface area contributed by atoms with Gasteiger partial charge in [-0.3, -0.25) is 4.79 Å². The van der Waals surface area contributed by atoms with E-state index >= 15 is 0 Å². The third-order valence-electron chi connectivity index (χ3n) is 3.56. The van der Waals surface area contributed by atoms with Crippen LogP contribution in [-0.4, -0.2) is 27.9 Å². The van der Waals surface area contributed by atoms with Gasteiger partial charge in [-0.2, -0.15) is 0 Å². The summed E-state index contributed by atoms with van der Waals surface area (Å²) in [5.74, 6) is -1.02. The SMILES string of the molecule is Cc1ccn2cc(C(=O)OCC(=O)NCc3ccc(Cl)cc3)nc2c1. The highest BCUT2D eigenvalue weighted by atomic mass is 35.5. The lowest BCUT2D eigenvalue weighted by molar-refractivity contribution is -0.124. The Hall–Kier alpha value is -2.86. The third-order valence-corrected chi connectivity index (χ3v) is 3.81. The minimum absolute atomic E-state index is 0.163. The summed E-state index contributed by atoms with van der Waals surface area (Å²) in [5, 5.41) is 3.31. The van der Waals surface area contributed by atoms with Gasteiger partial charge in [-0.1, -0.05) is 23.7 Å². The van der Waals surface area contributed by atoms with E-state index in [0.717, 1.165) is 11.1 Å². The smallest absolute Gasteiger partial charge is 0.359 e. The van der Waals surface area contributed by atoms with Crippen molar-refractivity contribution in [3.63, 3.8) is 0 Å². The number of carbonyl (C=O) groups excluding carboxylic acids is 2. The Bertz CT molecular complexity index is 919. The maximum absolute atomic E-state index is 12.0. The van der Waals surface area contributed by atoms with Crippen molar-refractivity contribution in [3.05, 3.63) is 70.6 Å². The van der Waals surface area contributed by atoms with Crippen LogP contribution >= 0.6 is 11.6 Å². The van der Waals surface area contributed by atoms with Gasteiger partial charge in [0.2, 0.25) is 0 Å². The maximum atomic E-state index is 12.0. The molecule has 2 heterocycles. The zero-order valence-electron chi connectivity index (χ0n) is 13.5. The molecular weight excluding hydrogens is 342 g/mol. The number of benzene rings is 1. The predicted octanol–water partition coefficient (Wildman–Crippen LogP) is 2.77. The molecule has 128 valence electrons. The number of fused-ring (bicyclic) bond motifs is 1. The number of pyridine rings is 1. The Kier molecular flexibility index (Phi) is 5.00. The van der Waals surface area contributed by atoms with E-state index in [1.807, 2.05) is 37.4 Å². The lowest BCUT2D eigenvalue weighted by atomic mass is 10.2. The van der Waals surface area contributed by atoms with Crippen LogP contribution in [0.4, 0.5) is 0 Å². The fourth-order valence-corrected chi connectivity index (χ4v) is 2.37. The van der Waals surface area contributed by atoms with Crippen LogP contribution in [-0.2, 0) is 16.1 Å². The summed E-state index contributed by atoms with van der Waals surface area (Å²) in [4.78, 5) is 28.0. The number of hydrogen-bond acceptors (Lipinski definition) is 4. The second-order valence-electron chi connectivity index (χ2n) is 5.58. The zero-order chi connectivity index (χ0) is 17.8. The molecule has 1 N–H and O–H groups in total. The number of hydrogen-bond donors (Lipinski definition) is 1. The third kappa shape index (κ3) is 4.36. The van der Waals surface area contributed by atoms with E-state index in [1.54, 1.807) is 22.7 Å². The van der Waals surface area contributed by atoms with Crippen molar-refractivity contribution in [1.82, 2.24) is 14.7 Å². The zero-order valence-corrected chi connectivity index (χ0v) is 14.3. The summed E-state index contributed by atoms with van der Waals surface area (Å²) >= 11 is 5.80. The predicted molar refractivity (Wildman–Crippen MR) is 93.5 cm³/mol. The number of rotatable bonds is 5. The summed E-state index contributed by atoms with van der Waals surface area (Å²) in [7, 11) is 0. The lowest BCUT2D eigenvalue weighted by Gasteiger charge is -2.06. The molecule has 0 spiro atoms. The number of nitrogens with one attached hydrogen (secondary N) is 1. The van der Waals surface area contributed by atoms with Gasteiger partial charge in [-0.05, 0) is 42.3 Å². The van der Waals surface area contributed by atoms with Crippen LogP contribution in [0.2, 0.25) is 5.02 Å². The summed E-state index contributed by atoms with van der Waals surface area (Å²) in [6.07, 6.45) is 3.38. The Labute approximate surface area is 149 Å². The number of aromatic nitrogens is 2. The molecule has 0 aliphatic carbocycles. The molecule has 0 aliphatic heterocycles. The first-order chi connectivity index (χ1) is 12.0. The average Bonchev–Trinajstić information content (AvgIpc) is 3.02. The Balaban J connectivity index is 1.52. The molecule has 2 aromatic heterocycles. The molecule has 6 nitrogen and oxygen atoms in total. The van der Waals surface area contributed by atoms with Gasteiger partial charge in [0, 0.05) is 24.0 Å². The quantitative estimate of drug-likeness (QED) is 0.713. The summed E-state index contributed by atoms with van der Waals surface area (Å²) < 4.78 is 6.74. The van der Waals surface area contributed by atoms with Gasteiger partial charge in [0.1, 0.15) is 5.65 Å². The van der Waals surface area contributed by atoms with Crippen LogP contribution in [0.25, 0.3) is 5.65 Å². The molecule has 25 heavy (non-hydrogen) atoms. The van der Waals surface area contributed by atoms with Gasteiger partial charge in [0.05, 0.1) is 0 Å². The van der Waals surface area contributed by atoms with Crippen molar-refractivity contribution in [2.45, 2.75) is 13.5 Å². The van der Waals surface area contributed by atoms with Gasteiger partial charge < -0.3 is 14.5 Å². The number of imidazole rings is 1. The fraction of sp³-hybridized carbons (Fsp3) is 0.167. The Morgan fingerprint density at radius 1 is 1.24 bits per heavy atom. The summed E-state index contributed by atoms with van der Waals surface area (Å²) in [5.41, 5.74) is 2.76. The number of carbonyl (C=O) groups is 2. The first kappa shape index (κ1) is 17.0. The van der Waals surface area contributed by atoms with Crippen LogP contribution in [0.15, 0.2) is 48.8 Å². The molecule has 0 atom stereocenters. The Morgan fingerprint density at radius 3 is 2.76 bits per heavy atom. The van der Waals surface area contributed by atoms with Crippen LogP contribution in [0, 0.1) is 6.92 Å². The molecule has 0 saturated carbocycles. The second-order valence-corrected chi connectivity index (χ2v) is 6.01. The van der Waals surface area contributed by atoms with Crippen molar-refractivity contribution in [1.29, 1.82) is 0 Å². The molecule has 1 aromatic carbocycles.